The van der Waals surface area contributed by atoms with E-state index < -0.39 is 0 Å². The van der Waals surface area contributed by atoms with Crippen molar-refractivity contribution in [3.8, 4) is 5.69 Å². The zero-order chi connectivity index (χ0) is 17.2. The zero-order valence-corrected chi connectivity index (χ0v) is 14.1. The summed E-state index contributed by atoms with van der Waals surface area (Å²) < 4.78 is 1.97. The molecule has 0 radical (unpaired) electrons. The maximum Gasteiger partial charge on any atom is 0.293 e. The molecule has 3 aromatic rings. The number of nitrogens with zero attached hydrogens (tertiary/aromatic N) is 3. The van der Waals surface area contributed by atoms with Gasteiger partial charge in [0.05, 0.1) is 10.4 Å². The number of aromatic nitrogens is 1. The van der Waals surface area contributed by atoms with Gasteiger partial charge in [0.2, 0.25) is 0 Å². The lowest BCUT2D eigenvalue weighted by Crippen LogP contribution is -2.28. The SMILES string of the molecule is O=[N+]([O-])c1ccccc1-n1cc(CN2CCCCC2)c2ccccc21. The van der Waals surface area contributed by atoms with Crippen molar-refractivity contribution < 1.29 is 4.92 Å². The van der Waals surface area contributed by atoms with Crippen LogP contribution in [-0.4, -0.2) is 27.5 Å². The fourth-order valence-electron chi connectivity index (χ4n) is 3.76. The van der Waals surface area contributed by atoms with E-state index in [0.717, 1.165) is 25.2 Å². The third-order valence-corrected chi connectivity index (χ3v) is 4.98. The number of para-hydroxylation sites is 3. The van der Waals surface area contributed by atoms with E-state index in [-0.39, 0.29) is 10.6 Å². The van der Waals surface area contributed by atoms with Gasteiger partial charge in [0.1, 0.15) is 5.69 Å². The van der Waals surface area contributed by atoms with E-state index in [0.29, 0.717) is 5.69 Å². The molecule has 1 saturated heterocycles. The number of rotatable bonds is 4. The van der Waals surface area contributed by atoms with Crippen LogP contribution in [0.15, 0.2) is 54.7 Å². The molecule has 0 amide bonds. The number of benzene rings is 2. The molecule has 5 nitrogen and oxygen atoms in total. The van der Waals surface area contributed by atoms with E-state index in [2.05, 4.69) is 17.2 Å². The van der Waals surface area contributed by atoms with Gasteiger partial charge in [-0.05, 0) is 43.6 Å². The van der Waals surface area contributed by atoms with E-state index in [4.69, 9.17) is 0 Å². The first-order valence-corrected chi connectivity index (χ1v) is 8.79. The van der Waals surface area contributed by atoms with E-state index in [1.807, 2.05) is 34.9 Å². The van der Waals surface area contributed by atoms with Gasteiger partial charge in [-0.3, -0.25) is 15.0 Å². The molecular formula is C20H21N3O2. The molecule has 0 bridgehead atoms. The number of nitro benzene ring substituents is 1. The van der Waals surface area contributed by atoms with Crippen LogP contribution in [0.1, 0.15) is 24.8 Å². The molecule has 0 spiro atoms. The summed E-state index contributed by atoms with van der Waals surface area (Å²) in [5, 5.41) is 12.6. The highest BCUT2D eigenvalue weighted by Crippen LogP contribution is 2.30. The van der Waals surface area contributed by atoms with Crippen LogP contribution in [-0.2, 0) is 6.54 Å². The Morgan fingerprint density at radius 3 is 2.48 bits per heavy atom. The molecule has 0 N–H and O–H groups in total. The first-order chi connectivity index (χ1) is 12.2. The minimum Gasteiger partial charge on any atom is -0.310 e. The summed E-state index contributed by atoms with van der Waals surface area (Å²) in [4.78, 5) is 13.6. The molecular weight excluding hydrogens is 314 g/mol. The van der Waals surface area contributed by atoms with E-state index in [9.17, 15) is 10.1 Å². The predicted molar refractivity (Wildman–Crippen MR) is 99.1 cm³/mol. The molecule has 0 saturated carbocycles. The van der Waals surface area contributed by atoms with E-state index in [1.165, 1.54) is 30.2 Å². The molecule has 0 unspecified atom stereocenters. The average molecular weight is 335 g/mol. The molecule has 2 aromatic carbocycles. The summed E-state index contributed by atoms with van der Waals surface area (Å²) in [5.74, 6) is 0. The summed E-state index contributed by atoms with van der Waals surface area (Å²) in [6.45, 7) is 3.16. The Morgan fingerprint density at radius 1 is 0.960 bits per heavy atom. The van der Waals surface area contributed by atoms with Crippen molar-refractivity contribution >= 4 is 16.6 Å². The van der Waals surface area contributed by atoms with Crippen LogP contribution in [0.3, 0.4) is 0 Å². The van der Waals surface area contributed by atoms with Crippen molar-refractivity contribution in [3.63, 3.8) is 0 Å². The zero-order valence-electron chi connectivity index (χ0n) is 14.1. The molecule has 1 aromatic heterocycles. The van der Waals surface area contributed by atoms with Crippen LogP contribution in [0.2, 0.25) is 0 Å². The fraction of sp³-hybridized carbons (Fsp3) is 0.300. The maximum absolute atomic E-state index is 11.4. The molecule has 1 aliphatic heterocycles. The van der Waals surface area contributed by atoms with Crippen LogP contribution in [0.4, 0.5) is 5.69 Å². The second-order valence-electron chi connectivity index (χ2n) is 6.62. The van der Waals surface area contributed by atoms with Crippen molar-refractivity contribution in [3.05, 3.63) is 70.4 Å². The Kier molecular flexibility index (Phi) is 4.24. The Labute approximate surface area is 146 Å². The number of likely N-dealkylation sites (tertiary alicyclic amines) is 1. The van der Waals surface area contributed by atoms with Gasteiger partial charge < -0.3 is 4.57 Å². The number of fused-ring (bicyclic) bond motifs is 1. The topological polar surface area (TPSA) is 51.3 Å². The van der Waals surface area contributed by atoms with Gasteiger partial charge in [-0.15, -0.1) is 0 Å². The summed E-state index contributed by atoms with van der Waals surface area (Å²) in [5.41, 5.74) is 3.00. The van der Waals surface area contributed by atoms with Gasteiger partial charge >= 0.3 is 0 Å². The van der Waals surface area contributed by atoms with Crippen molar-refractivity contribution in [2.45, 2.75) is 25.8 Å². The maximum atomic E-state index is 11.4. The number of piperidine rings is 1. The molecule has 2 heterocycles. The molecule has 4 rings (SSSR count). The van der Waals surface area contributed by atoms with Gasteiger partial charge in [-0.25, -0.2) is 0 Å². The van der Waals surface area contributed by atoms with Crippen LogP contribution in [0.5, 0.6) is 0 Å². The van der Waals surface area contributed by atoms with Gasteiger partial charge in [0.15, 0.2) is 0 Å². The van der Waals surface area contributed by atoms with Crippen molar-refractivity contribution in [1.29, 1.82) is 0 Å². The number of hydrogen-bond acceptors (Lipinski definition) is 3. The lowest BCUT2D eigenvalue weighted by Gasteiger charge is -2.26. The minimum absolute atomic E-state index is 0.132. The lowest BCUT2D eigenvalue weighted by molar-refractivity contribution is -0.384. The van der Waals surface area contributed by atoms with Gasteiger partial charge in [-0.1, -0.05) is 36.8 Å². The van der Waals surface area contributed by atoms with Crippen LogP contribution in [0.25, 0.3) is 16.6 Å². The summed E-state index contributed by atoms with van der Waals surface area (Å²) in [6, 6.07) is 15.1. The smallest absolute Gasteiger partial charge is 0.293 e. The van der Waals surface area contributed by atoms with Gasteiger partial charge in [0.25, 0.3) is 5.69 Å². The minimum atomic E-state index is -0.311. The third-order valence-electron chi connectivity index (χ3n) is 4.98. The van der Waals surface area contributed by atoms with Crippen molar-refractivity contribution in [1.82, 2.24) is 9.47 Å². The Balaban J connectivity index is 1.81. The van der Waals surface area contributed by atoms with Gasteiger partial charge in [-0.2, -0.15) is 0 Å². The summed E-state index contributed by atoms with van der Waals surface area (Å²) in [7, 11) is 0. The quantitative estimate of drug-likeness (QED) is 0.520. The van der Waals surface area contributed by atoms with Crippen LogP contribution in [0, 0.1) is 10.1 Å². The second kappa shape index (κ2) is 6.69. The lowest BCUT2D eigenvalue weighted by atomic mass is 10.1. The fourth-order valence-corrected chi connectivity index (χ4v) is 3.76. The number of nitro groups is 1. The highest BCUT2D eigenvalue weighted by molar-refractivity contribution is 5.86. The standard InChI is InChI=1S/C20H21N3O2/c24-23(25)20-11-5-4-10-19(20)22-15-16(14-21-12-6-1-7-13-21)17-8-2-3-9-18(17)22/h2-5,8-11,15H,1,6-7,12-14H2. The predicted octanol–water partition coefficient (Wildman–Crippen LogP) is 4.52. The average Bonchev–Trinajstić information content (AvgIpc) is 3.01. The molecule has 0 aliphatic carbocycles. The monoisotopic (exact) mass is 335 g/mol. The second-order valence-corrected chi connectivity index (χ2v) is 6.62. The molecule has 1 aliphatic rings. The normalized spacial score (nSPS) is 15.5. The van der Waals surface area contributed by atoms with Crippen molar-refractivity contribution in [2.24, 2.45) is 0 Å². The first kappa shape index (κ1) is 15.8. The highest BCUT2D eigenvalue weighted by Gasteiger charge is 2.19. The number of hydrogen-bond donors (Lipinski definition) is 0. The van der Waals surface area contributed by atoms with E-state index >= 15 is 0 Å². The summed E-state index contributed by atoms with van der Waals surface area (Å²) in [6.07, 6.45) is 5.89. The van der Waals surface area contributed by atoms with E-state index in [1.54, 1.807) is 12.1 Å². The first-order valence-electron chi connectivity index (χ1n) is 8.79. The Hall–Kier alpha value is -2.66. The van der Waals surface area contributed by atoms with Crippen LogP contribution < -0.4 is 0 Å². The third kappa shape index (κ3) is 3.03. The Bertz CT molecular complexity index is 910. The molecule has 128 valence electrons. The molecule has 0 atom stereocenters. The molecule has 5 heteroatoms. The molecule has 25 heavy (non-hydrogen) atoms. The summed E-state index contributed by atoms with van der Waals surface area (Å²) >= 11 is 0. The molecule has 1 fully saturated rings. The van der Waals surface area contributed by atoms with Crippen molar-refractivity contribution in [2.75, 3.05) is 13.1 Å². The highest BCUT2D eigenvalue weighted by atomic mass is 16.6. The van der Waals surface area contributed by atoms with Crippen LogP contribution >= 0.6 is 0 Å². The largest absolute Gasteiger partial charge is 0.310 e. The van der Waals surface area contributed by atoms with Gasteiger partial charge in [0, 0.05) is 24.2 Å². The Morgan fingerprint density at radius 2 is 1.68 bits per heavy atom.